The molecule has 1 saturated heterocycles. The average molecular weight is 428 g/mol. The Balaban J connectivity index is 1.59. The van der Waals surface area contributed by atoms with Crippen molar-refractivity contribution in [3.05, 3.63) is 83.7 Å². The van der Waals surface area contributed by atoms with E-state index in [1.165, 1.54) is 22.3 Å². The Morgan fingerprint density at radius 3 is 2.41 bits per heavy atom. The fraction of sp³-hybridized carbons (Fsp3) is 0.333. The van der Waals surface area contributed by atoms with E-state index in [4.69, 9.17) is 11.5 Å². The second-order valence-electron chi connectivity index (χ2n) is 9.12. The van der Waals surface area contributed by atoms with E-state index in [2.05, 4.69) is 76.9 Å². The summed E-state index contributed by atoms with van der Waals surface area (Å²) in [5.74, 6) is 1.47. The third-order valence-electron chi connectivity index (χ3n) is 6.67. The van der Waals surface area contributed by atoms with Crippen LogP contribution in [0.3, 0.4) is 0 Å². The van der Waals surface area contributed by atoms with E-state index in [-0.39, 0.29) is 5.41 Å². The van der Waals surface area contributed by atoms with Gasteiger partial charge in [-0.15, -0.1) is 0 Å². The van der Waals surface area contributed by atoms with Gasteiger partial charge >= 0.3 is 0 Å². The number of rotatable bonds is 6. The number of benzene rings is 2. The number of aryl methyl sites for hydroxylation is 1. The van der Waals surface area contributed by atoms with E-state index in [1.54, 1.807) is 6.33 Å². The molecule has 2 aromatic carbocycles. The molecule has 1 aliphatic heterocycles. The van der Waals surface area contributed by atoms with Crippen LogP contribution in [0, 0.1) is 6.92 Å². The molecule has 0 unspecified atom stereocenters. The summed E-state index contributed by atoms with van der Waals surface area (Å²) in [4.78, 5) is 11.1. The van der Waals surface area contributed by atoms with Crippen molar-refractivity contribution >= 4 is 11.6 Å². The van der Waals surface area contributed by atoms with E-state index < -0.39 is 0 Å². The molecule has 166 valence electrons. The zero-order valence-electron chi connectivity index (χ0n) is 19.1. The zero-order chi connectivity index (χ0) is 22.7. The van der Waals surface area contributed by atoms with Crippen molar-refractivity contribution in [1.29, 1.82) is 0 Å². The highest BCUT2D eigenvalue weighted by Crippen LogP contribution is 2.38. The molecule has 4 rings (SSSR count). The van der Waals surface area contributed by atoms with Gasteiger partial charge in [0.2, 0.25) is 0 Å². The maximum atomic E-state index is 6.41. The Morgan fingerprint density at radius 1 is 1.06 bits per heavy atom. The lowest BCUT2D eigenvalue weighted by atomic mass is 9.72. The standard InChI is InChI=1S/C27H33N5/c1-19(2)14-24-25(29)30-18-31-26(24)32-12-10-27(17-28,11-13-32)23-9-5-8-22(16-23)21-7-4-6-20(3)15-21/h4-9,15-16,18H,1,10-14,17,28H2,2-3H3,(H2,29,30,31). The van der Waals surface area contributed by atoms with Gasteiger partial charge in [0.15, 0.2) is 0 Å². The van der Waals surface area contributed by atoms with Crippen LogP contribution in [-0.4, -0.2) is 29.6 Å². The normalized spacial score (nSPS) is 15.5. The third-order valence-corrected chi connectivity index (χ3v) is 6.67. The molecular formula is C27H33N5. The number of hydrogen-bond donors (Lipinski definition) is 2. The van der Waals surface area contributed by atoms with Crippen molar-refractivity contribution in [2.24, 2.45) is 5.73 Å². The molecule has 1 aliphatic rings. The number of aromatic nitrogens is 2. The predicted octanol–water partition coefficient (Wildman–Crippen LogP) is 4.65. The van der Waals surface area contributed by atoms with Crippen molar-refractivity contribution in [3.8, 4) is 11.1 Å². The van der Waals surface area contributed by atoms with Gasteiger partial charge in [-0.05, 0) is 43.4 Å². The van der Waals surface area contributed by atoms with Gasteiger partial charge in [0.05, 0.1) is 0 Å². The Labute approximate surface area is 191 Å². The van der Waals surface area contributed by atoms with Crippen LogP contribution in [0.2, 0.25) is 0 Å². The number of allylic oxidation sites excluding steroid dienone is 1. The van der Waals surface area contributed by atoms with Crippen molar-refractivity contribution in [3.63, 3.8) is 0 Å². The first-order valence-corrected chi connectivity index (χ1v) is 11.3. The van der Waals surface area contributed by atoms with E-state index in [9.17, 15) is 0 Å². The molecule has 0 saturated carbocycles. The minimum atomic E-state index is -0.0383. The third kappa shape index (κ3) is 4.39. The summed E-state index contributed by atoms with van der Waals surface area (Å²) >= 11 is 0. The molecule has 0 radical (unpaired) electrons. The molecule has 0 atom stereocenters. The van der Waals surface area contributed by atoms with E-state index in [0.717, 1.165) is 42.9 Å². The van der Waals surface area contributed by atoms with E-state index >= 15 is 0 Å². The lowest BCUT2D eigenvalue weighted by Gasteiger charge is -2.42. The van der Waals surface area contributed by atoms with Crippen molar-refractivity contribution < 1.29 is 0 Å². The van der Waals surface area contributed by atoms with Crippen LogP contribution >= 0.6 is 0 Å². The van der Waals surface area contributed by atoms with Gasteiger partial charge in [-0.3, -0.25) is 0 Å². The van der Waals surface area contributed by atoms with Gasteiger partial charge in [-0.25, -0.2) is 9.97 Å². The second-order valence-corrected chi connectivity index (χ2v) is 9.12. The first-order valence-electron chi connectivity index (χ1n) is 11.3. The van der Waals surface area contributed by atoms with Crippen molar-refractivity contribution in [1.82, 2.24) is 9.97 Å². The number of anilines is 2. The minimum absolute atomic E-state index is 0.0383. The quantitative estimate of drug-likeness (QED) is 0.560. The van der Waals surface area contributed by atoms with Crippen LogP contribution in [-0.2, 0) is 11.8 Å². The maximum Gasteiger partial charge on any atom is 0.137 e. The molecule has 4 N–H and O–H groups in total. The molecule has 1 fully saturated rings. The van der Waals surface area contributed by atoms with Gasteiger partial charge in [-0.2, -0.15) is 0 Å². The average Bonchev–Trinajstić information content (AvgIpc) is 2.80. The number of piperidine rings is 1. The number of nitrogens with zero attached hydrogens (tertiary/aromatic N) is 3. The Hall–Kier alpha value is -3.18. The van der Waals surface area contributed by atoms with Gasteiger partial charge in [-0.1, -0.05) is 66.2 Å². The Morgan fingerprint density at radius 2 is 1.75 bits per heavy atom. The SMILES string of the molecule is C=C(C)Cc1c(N)ncnc1N1CCC(CN)(c2cccc(-c3cccc(C)c3)c2)CC1. The summed E-state index contributed by atoms with van der Waals surface area (Å²) < 4.78 is 0. The van der Waals surface area contributed by atoms with Crippen LogP contribution in [0.5, 0.6) is 0 Å². The highest BCUT2D eigenvalue weighted by Gasteiger charge is 2.36. The molecule has 2 heterocycles. The molecule has 0 amide bonds. The second kappa shape index (κ2) is 9.13. The zero-order valence-corrected chi connectivity index (χ0v) is 19.1. The smallest absolute Gasteiger partial charge is 0.137 e. The molecule has 1 aromatic heterocycles. The molecule has 0 spiro atoms. The van der Waals surface area contributed by atoms with Gasteiger partial charge in [0.1, 0.15) is 18.0 Å². The van der Waals surface area contributed by atoms with E-state index in [0.29, 0.717) is 18.8 Å². The summed E-state index contributed by atoms with van der Waals surface area (Å²) in [5, 5.41) is 0. The molecular weight excluding hydrogens is 394 g/mol. The van der Waals surface area contributed by atoms with Crippen molar-refractivity contribution in [2.75, 3.05) is 30.3 Å². The molecule has 5 heteroatoms. The number of hydrogen-bond acceptors (Lipinski definition) is 5. The summed E-state index contributed by atoms with van der Waals surface area (Å²) in [7, 11) is 0. The fourth-order valence-corrected chi connectivity index (χ4v) is 4.77. The van der Waals surface area contributed by atoms with Gasteiger partial charge in [0.25, 0.3) is 0 Å². The topological polar surface area (TPSA) is 81.1 Å². The molecule has 5 nitrogen and oxygen atoms in total. The highest BCUT2D eigenvalue weighted by molar-refractivity contribution is 5.65. The maximum absolute atomic E-state index is 6.41. The van der Waals surface area contributed by atoms with Gasteiger partial charge in [0, 0.05) is 37.0 Å². The lowest BCUT2D eigenvalue weighted by Crippen LogP contribution is -2.47. The largest absolute Gasteiger partial charge is 0.383 e. The van der Waals surface area contributed by atoms with Crippen LogP contribution in [0.25, 0.3) is 11.1 Å². The predicted molar refractivity (Wildman–Crippen MR) is 134 cm³/mol. The first kappa shape index (κ1) is 22.0. The summed E-state index contributed by atoms with van der Waals surface area (Å²) in [6.45, 7) is 10.6. The number of nitrogens with two attached hydrogens (primary N) is 2. The van der Waals surface area contributed by atoms with Crippen LogP contribution in [0.1, 0.15) is 36.5 Å². The monoisotopic (exact) mass is 427 g/mol. The molecule has 3 aromatic rings. The fourth-order valence-electron chi connectivity index (χ4n) is 4.77. The Kier molecular flexibility index (Phi) is 6.28. The molecule has 0 aliphatic carbocycles. The highest BCUT2D eigenvalue weighted by atomic mass is 15.2. The number of nitrogen functional groups attached to an aromatic ring is 1. The summed E-state index contributed by atoms with van der Waals surface area (Å²) in [6.07, 6.45) is 4.19. The summed E-state index contributed by atoms with van der Waals surface area (Å²) in [6, 6.07) is 17.6. The molecule has 32 heavy (non-hydrogen) atoms. The Bertz CT molecular complexity index is 1110. The lowest BCUT2D eigenvalue weighted by molar-refractivity contribution is 0.339. The molecule has 0 bridgehead atoms. The minimum Gasteiger partial charge on any atom is -0.383 e. The van der Waals surface area contributed by atoms with Crippen LogP contribution in [0.15, 0.2) is 67.0 Å². The van der Waals surface area contributed by atoms with Crippen molar-refractivity contribution in [2.45, 2.75) is 38.5 Å². The van der Waals surface area contributed by atoms with Crippen LogP contribution in [0.4, 0.5) is 11.6 Å². The van der Waals surface area contributed by atoms with Crippen LogP contribution < -0.4 is 16.4 Å². The van der Waals surface area contributed by atoms with E-state index in [1.807, 2.05) is 6.92 Å². The first-order chi connectivity index (χ1) is 15.4. The van der Waals surface area contributed by atoms with Gasteiger partial charge < -0.3 is 16.4 Å². The summed E-state index contributed by atoms with van der Waals surface area (Å²) in [5.41, 5.74) is 19.7.